The number of ether oxygens (including phenoxy) is 1. The number of nitrogen functional groups attached to an aromatic ring is 1. The first-order chi connectivity index (χ1) is 11.2. The Morgan fingerprint density at radius 2 is 1.87 bits per heavy atom. The zero-order chi connectivity index (χ0) is 16.2. The first-order valence-electron chi connectivity index (χ1n) is 7.18. The van der Waals surface area contributed by atoms with E-state index in [1.807, 2.05) is 55.5 Å². The monoisotopic (exact) mass is 307 g/mol. The van der Waals surface area contributed by atoms with Gasteiger partial charge < -0.3 is 15.0 Å². The number of hydrogen-bond donors (Lipinski definition) is 1. The van der Waals surface area contributed by atoms with Gasteiger partial charge in [-0.3, -0.25) is 0 Å². The molecule has 0 aliphatic heterocycles. The molecule has 2 N–H and O–H groups in total. The fourth-order valence-corrected chi connectivity index (χ4v) is 2.19. The van der Waals surface area contributed by atoms with Crippen molar-refractivity contribution in [2.24, 2.45) is 0 Å². The number of hydrogen-bond acceptors (Lipinski definition) is 5. The van der Waals surface area contributed by atoms with Crippen molar-refractivity contribution < 1.29 is 9.26 Å². The average molecular weight is 307 g/mol. The van der Waals surface area contributed by atoms with Crippen LogP contribution in [0.3, 0.4) is 0 Å². The van der Waals surface area contributed by atoms with Crippen LogP contribution in [0.25, 0.3) is 23.5 Å². The molecule has 0 spiro atoms. The van der Waals surface area contributed by atoms with Crippen LogP contribution in [0.5, 0.6) is 5.75 Å². The number of rotatable bonds is 4. The topological polar surface area (TPSA) is 74.2 Å². The Kier molecular flexibility index (Phi) is 4.10. The molecule has 0 saturated heterocycles. The second-order valence-electron chi connectivity index (χ2n) is 5.08. The quantitative estimate of drug-likeness (QED) is 0.742. The molecule has 23 heavy (non-hydrogen) atoms. The average Bonchev–Trinajstić information content (AvgIpc) is 3.04. The van der Waals surface area contributed by atoms with Crippen LogP contribution in [-0.4, -0.2) is 17.3 Å². The molecule has 2 aromatic carbocycles. The van der Waals surface area contributed by atoms with E-state index >= 15 is 0 Å². The molecule has 1 aromatic heterocycles. The van der Waals surface area contributed by atoms with E-state index in [0.717, 1.165) is 22.4 Å². The minimum absolute atomic E-state index is 0.442. The Labute approximate surface area is 134 Å². The number of aromatic nitrogens is 2. The van der Waals surface area contributed by atoms with Crippen LogP contribution >= 0.6 is 0 Å². The second-order valence-corrected chi connectivity index (χ2v) is 5.08. The molecule has 0 atom stereocenters. The molecular weight excluding hydrogens is 290 g/mol. The zero-order valence-electron chi connectivity index (χ0n) is 13.0. The van der Waals surface area contributed by atoms with Crippen LogP contribution in [0.1, 0.15) is 17.0 Å². The van der Waals surface area contributed by atoms with Gasteiger partial charge in [0.15, 0.2) is 0 Å². The summed E-state index contributed by atoms with van der Waals surface area (Å²) in [6, 6.07) is 13.4. The van der Waals surface area contributed by atoms with Gasteiger partial charge in [0, 0.05) is 17.3 Å². The molecule has 1 heterocycles. The molecule has 0 unspecified atom stereocenters. The fraction of sp³-hybridized carbons (Fsp3) is 0.111. The van der Waals surface area contributed by atoms with E-state index in [-0.39, 0.29) is 0 Å². The summed E-state index contributed by atoms with van der Waals surface area (Å²) in [5.41, 5.74) is 9.46. The third-order valence-corrected chi connectivity index (χ3v) is 3.59. The number of methoxy groups -OCH3 is 1. The summed E-state index contributed by atoms with van der Waals surface area (Å²) < 4.78 is 10.4. The summed E-state index contributed by atoms with van der Waals surface area (Å²) in [5, 5.41) is 4.02. The van der Waals surface area contributed by atoms with Crippen molar-refractivity contribution in [1.82, 2.24) is 10.1 Å². The third-order valence-electron chi connectivity index (χ3n) is 3.59. The summed E-state index contributed by atoms with van der Waals surface area (Å²) in [5.74, 6) is 1.79. The molecule has 0 aliphatic rings. The minimum atomic E-state index is 0.442. The van der Waals surface area contributed by atoms with Crippen molar-refractivity contribution in [3.05, 3.63) is 59.5 Å². The molecule has 5 nitrogen and oxygen atoms in total. The summed E-state index contributed by atoms with van der Waals surface area (Å²) in [7, 11) is 1.64. The molecule has 5 heteroatoms. The van der Waals surface area contributed by atoms with Crippen molar-refractivity contribution in [2.75, 3.05) is 12.8 Å². The van der Waals surface area contributed by atoms with E-state index in [2.05, 4.69) is 10.1 Å². The summed E-state index contributed by atoms with van der Waals surface area (Å²) in [6.07, 6.45) is 3.68. The van der Waals surface area contributed by atoms with Gasteiger partial charge in [0.2, 0.25) is 5.82 Å². The van der Waals surface area contributed by atoms with Crippen molar-refractivity contribution >= 4 is 17.8 Å². The SMILES string of the molecule is COc1ccc(/C=C/c2nc(-c3cccc(N)c3C)no2)cc1. The highest BCUT2D eigenvalue weighted by Gasteiger charge is 2.10. The van der Waals surface area contributed by atoms with Crippen molar-refractivity contribution in [3.63, 3.8) is 0 Å². The van der Waals surface area contributed by atoms with Gasteiger partial charge in [-0.2, -0.15) is 4.98 Å². The van der Waals surface area contributed by atoms with Gasteiger partial charge in [-0.15, -0.1) is 0 Å². The molecule has 0 amide bonds. The Morgan fingerprint density at radius 1 is 1.09 bits per heavy atom. The predicted octanol–water partition coefficient (Wildman–Crippen LogP) is 3.81. The maximum absolute atomic E-state index is 5.91. The maximum Gasteiger partial charge on any atom is 0.250 e. The molecular formula is C18H17N3O2. The lowest BCUT2D eigenvalue weighted by molar-refractivity contribution is 0.411. The van der Waals surface area contributed by atoms with Gasteiger partial charge in [-0.25, -0.2) is 0 Å². The number of nitrogens with zero attached hydrogens (tertiary/aromatic N) is 2. The van der Waals surface area contributed by atoms with Crippen molar-refractivity contribution in [2.45, 2.75) is 6.92 Å². The van der Waals surface area contributed by atoms with Crippen LogP contribution < -0.4 is 10.5 Å². The van der Waals surface area contributed by atoms with Crippen LogP contribution in [0.15, 0.2) is 47.0 Å². The molecule has 0 radical (unpaired) electrons. The van der Waals surface area contributed by atoms with Gasteiger partial charge in [-0.05, 0) is 42.3 Å². The molecule has 0 bridgehead atoms. The van der Waals surface area contributed by atoms with Crippen molar-refractivity contribution in [3.8, 4) is 17.1 Å². The summed E-state index contributed by atoms with van der Waals surface area (Å²) in [6.45, 7) is 1.94. The van der Waals surface area contributed by atoms with Crippen LogP contribution in [0, 0.1) is 6.92 Å². The van der Waals surface area contributed by atoms with E-state index in [4.69, 9.17) is 15.0 Å². The second kappa shape index (κ2) is 6.36. The molecule has 0 fully saturated rings. The Balaban J connectivity index is 1.81. The van der Waals surface area contributed by atoms with Gasteiger partial charge in [0.25, 0.3) is 5.89 Å². The highest BCUT2D eigenvalue weighted by atomic mass is 16.5. The third kappa shape index (κ3) is 3.23. The van der Waals surface area contributed by atoms with Gasteiger partial charge in [-0.1, -0.05) is 29.4 Å². The Morgan fingerprint density at radius 3 is 2.61 bits per heavy atom. The van der Waals surface area contributed by atoms with E-state index < -0.39 is 0 Å². The molecule has 0 saturated carbocycles. The van der Waals surface area contributed by atoms with E-state index in [1.165, 1.54) is 0 Å². The normalized spacial score (nSPS) is 11.0. The van der Waals surface area contributed by atoms with Gasteiger partial charge >= 0.3 is 0 Å². The molecule has 116 valence electrons. The molecule has 3 aromatic rings. The summed E-state index contributed by atoms with van der Waals surface area (Å²) >= 11 is 0. The van der Waals surface area contributed by atoms with E-state index in [1.54, 1.807) is 13.2 Å². The number of benzene rings is 2. The maximum atomic E-state index is 5.91. The lowest BCUT2D eigenvalue weighted by atomic mass is 10.1. The minimum Gasteiger partial charge on any atom is -0.497 e. The summed E-state index contributed by atoms with van der Waals surface area (Å²) in [4.78, 5) is 4.39. The smallest absolute Gasteiger partial charge is 0.250 e. The highest BCUT2D eigenvalue weighted by molar-refractivity contribution is 5.70. The first-order valence-corrected chi connectivity index (χ1v) is 7.18. The van der Waals surface area contributed by atoms with Gasteiger partial charge in [0.1, 0.15) is 5.75 Å². The standard InChI is InChI=1S/C18H17N3O2/c1-12-15(4-3-5-16(12)19)18-20-17(23-21-18)11-8-13-6-9-14(22-2)10-7-13/h3-11H,19H2,1-2H3/b11-8+. The lowest BCUT2D eigenvalue weighted by Crippen LogP contribution is -1.92. The number of anilines is 1. The van der Waals surface area contributed by atoms with E-state index in [0.29, 0.717) is 17.4 Å². The Bertz CT molecular complexity index is 836. The molecule has 0 aliphatic carbocycles. The molecule has 3 rings (SSSR count). The largest absolute Gasteiger partial charge is 0.497 e. The number of nitrogens with two attached hydrogens (primary N) is 1. The van der Waals surface area contributed by atoms with Crippen molar-refractivity contribution in [1.29, 1.82) is 0 Å². The van der Waals surface area contributed by atoms with Gasteiger partial charge in [0.05, 0.1) is 7.11 Å². The highest BCUT2D eigenvalue weighted by Crippen LogP contribution is 2.25. The van der Waals surface area contributed by atoms with Crippen LogP contribution in [0.2, 0.25) is 0 Å². The fourth-order valence-electron chi connectivity index (χ4n) is 2.19. The van der Waals surface area contributed by atoms with Crippen LogP contribution in [-0.2, 0) is 0 Å². The van der Waals surface area contributed by atoms with E-state index in [9.17, 15) is 0 Å². The Hall–Kier alpha value is -3.08. The lowest BCUT2D eigenvalue weighted by Gasteiger charge is -2.03. The predicted molar refractivity (Wildman–Crippen MR) is 90.8 cm³/mol. The van der Waals surface area contributed by atoms with Crippen LogP contribution in [0.4, 0.5) is 5.69 Å². The first kappa shape index (κ1) is 14.8. The zero-order valence-corrected chi connectivity index (χ0v) is 13.0.